The summed E-state index contributed by atoms with van der Waals surface area (Å²) in [7, 11) is 1.79. The number of aryl methyl sites for hydroxylation is 2. The minimum atomic E-state index is 0. The first-order valence-corrected chi connectivity index (χ1v) is 8.04. The molecule has 5 nitrogen and oxygen atoms in total. The highest BCUT2D eigenvalue weighted by Gasteiger charge is 2.01. The highest BCUT2D eigenvalue weighted by molar-refractivity contribution is 14.0. The van der Waals surface area contributed by atoms with E-state index in [1.165, 1.54) is 15.3 Å². The first-order valence-electron chi connectivity index (χ1n) is 7.22. The largest absolute Gasteiger partial charge is 0.355 e. The van der Waals surface area contributed by atoms with Crippen molar-refractivity contribution in [2.45, 2.75) is 33.4 Å². The van der Waals surface area contributed by atoms with E-state index in [-0.39, 0.29) is 24.0 Å². The van der Waals surface area contributed by atoms with Crippen molar-refractivity contribution in [3.63, 3.8) is 0 Å². The number of thiophene rings is 1. The average molecular weight is 433 g/mol. The standard InChI is InChI=1S/C15H23N5S.HI/c1-4-13-5-6-14(21-13)10-18-15(16-3)17-7-8-20-11-12(2)9-19-20;/h5-6,9,11H,4,7-8,10H2,1-3H3,(H2,16,17,18);1H. The second-order valence-electron chi connectivity index (χ2n) is 4.85. The molecular weight excluding hydrogens is 409 g/mol. The van der Waals surface area contributed by atoms with Crippen LogP contribution in [-0.4, -0.2) is 29.3 Å². The number of nitrogens with zero attached hydrogens (tertiary/aromatic N) is 3. The van der Waals surface area contributed by atoms with Gasteiger partial charge >= 0.3 is 0 Å². The SMILES string of the molecule is CCc1ccc(CNC(=NC)NCCn2cc(C)cn2)s1.I. The minimum absolute atomic E-state index is 0. The maximum absolute atomic E-state index is 4.26. The second-order valence-corrected chi connectivity index (χ2v) is 6.11. The summed E-state index contributed by atoms with van der Waals surface area (Å²) in [6, 6.07) is 4.37. The van der Waals surface area contributed by atoms with Gasteiger partial charge < -0.3 is 10.6 Å². The summed E-state index contributed by atoms with van der Waals surface area (Å²) in [5.74, 6) is 0.824. The first-order chi connectivity index (χ1) is 10.2. The van der Waals surface area contributed by atoms with E-state index < -0.39 is 0 Å². The summed E-state index contributed by atoms with van der Waals surface area (Å²) in [4.78, 5) is 6.99. The van der Waals surface area contributed by atoms with Crippen LogP contribution in [0.25, 0.3) is 0 Å². The van der Waals surface area contributed by atoms with Crippen molar-refractivity contribution in [1.29, 1.82) is 0 Å². The molecule has 2 heterocycles. The monoisotopic (exact) mass is 433 g/mol. The smallest absolute Gasteiger partial charge is 0.191 e. The second kappa shape index (κ2) is 9.83. The van der Waals surface area contributed by atoms with Crippen LogP contribution in [0.3, 0.4) is 0 Å². The molecule has 0 aliphatic carbocycles. The highest BCUT2D eigenvalue weighted by atomic mass is 127. The van der Waals surface area contributed by atoms with Crippen molar-refractivity contribution in [3.05, 3.63) is 39.8 Å². The summed E-state index contributed by atoms with van der Waals surface area (Å²) in [5, 5.41) is 10.9. The number of hydrogen-bond donors (Lipinski definition) is 2. The topological polar surface area (TPSA) is 54.2 Å². The van der Waals surface area contributed by atoms with Crippen molar-refractivity contribution >= 4 is 41.3 Å². The normalized spacial score (nSPS) is 11.1. The first kappa shape index (κ1) is 19.0. The van der Waals surface area contributed by atoms with E-state index in [0.717, 1.165) is 32.0 Å². The van der Waals surface area contributed by atoms with Gasteiger partial charge in [-0.15, -0.1) is 35.3 Å². The van der Waals surface area contributed by atoms with Gasteiger partial charge in [0.15, 0.2) is 5.96 Å². The van der Waals surface area contributed by atoms with Crippen molar-refractivity contribution in [3.8, 4) is 0 Å². The molecule has 2 rings (SSSR count). The van der Waals surface area contributed by atoms with Crippen LogP contribution in [0.2, 0.25) is 0 Å². The van der Waals surface area contributed by atoms with E-state index in [1.807, 2.05) is 35.3 Å². The van der Waals surface area contributed by atoms with E-state index in [9.17, 15) is 0 Å². The van der Waals surface area contributed by atoms with Crippen LogP contribution in [0, 0.1) is 6.92 Å². The molecule has 2 aromatic heterocycles. The lowest BCUT2D eigenvalue weighted by Crippen LogP contribution is -2.38. The molecule has 22 heavy (non-hydrogen) atoms. The molecule has 0 atom stereocenters. The molecule has 0 spiro atoms. The number of hydrogen-bond acceptors (Lipinski definition) is 3. The number of guanidine groups is 1. The van der Waals surface area contributed by atoms with Crippen LogP contribution < -0.4 is 10.6 Å². The fraction of sp³-hybridized carbons (Fsp3) is 0.467. The van der Waals surface area contributed by atoms with E-state index >= 15 is 0 Å². The van der Waals surface area contributed by atoms with Crippen molar-refractivity contribution in [1.82, 2.24) is 20.4 Å². The third-order valence-electron chi connectivity index (χ3n) is 3.12. The zero-order valence-electron chi connectivity index (χ0n) is 13.3. The molecule has 122 valence electrons. The van der Waals surface area contributed by atoms with Crippen LogP contribution in [0.1, 0.15) is 22.2 Å². The van der Waals surface area contributed by atoms with Gasteiger partial charge in [-0.05, 0) is 31.0 Å². The predicted molar refractivity (Wildman–Crippen MR) is 104 cm³/mol. The maximum atomic E-state index is 4.26. The molecule has 7 heteroatoms. The Kier molecular flexibility index (Phi) is 8.47. The van der Waals surface area contributed by atoms with Crippen LogP contribution in [0.5, 0.6) is 0 Å². The van der Waals surface area contributed by atoms with Gasteiger partial charge in [-0.2, -0.15) is 5.10 Å². The lowest BCUT2D eigenvalue weighted by Gasteiger charge is -2.11. The Bertz CT molecular complexity index is 590. The van der Waals surface area contributed by atoms with Gasteiger partial charge in [0.05, 0.1) is 19.3 Å². The molecule has 0 radical (unpaired) electrons. The molecule has 0 aromatic carbocycles. The van der Waals surface area contributed by atoms with Crippen molar-refractivity contribution < 1.29 is 0 Å². The van der Waals surface area contributed by atoms with Gasteiger partial charge in [0.1, 0.15) is 0 Å². The van der Waals surface area contributed by atoms with Gasteiger partial charge in [-0.1, -0.05) is 6.92 Å². The molecule has 2 N–H and O–H groups in total. The van der Waals surface area contributed by atoms with Crippen LogP contribution in [-0.2, 0) is 19.5 Å². The van der Waals surface area contributed by atoms with Crippen molar-refractivity contribution in [2.75, 3.05) is 13.6 Å². The highest BCUT2D eigenvalue weighted by Crippen LogP contribution is 2.16. The van der Waals surface area contributed by atoms with E-state index in [0.29, 0.717) is 0 Å². The number of aromatic nitrogens is 2. The van der Waals surface area contributed by atoms with Gasteiger partial charge in [0, 0.05) is 29.5 Å². The minimum Gasteiger partial charge on any atom is -0.355 e. The van der Waals surface area contributed by atoms with Crippen LogP contribution in [0.15, 0.2) is 29.5 Å². The van der Waals surface area contributed by atoms with Gasteiger partial charge in [0.25, 0.3) is 0 Å². The summed E-state index contributed by atoms with van der Waals surface area (Å²) < 4.78 is 1.93. The maximum Gasteiger partial charge on any atom is 0.191 e. The Morgan fingerprint density at radius 2 is 2.09 bits per heavy atom. The molecule has 0 saturated heterocycles. The van der Waals surface area contributed by atoms with Crippen molar-refractivity contribution in [2.24, 2.45) is 4.99 Å². The molecule has 0 saturated carbocycles. The van der Waals surface area contributed by atoms with E-state index in [4.69, 9.17) is 0 Å². The number of aliphatic imine (C=N–C) groups is 1. The zero-order valence-corrected chi connectivity index (χ0v) is 16.4. The summed E-state index contributed by atoms with van der Waals surface area (Å²) in [5.41, 5.74) is 1.18. The zero-order chi connectivity index (χ0) is 15.1. The molecule has 0 amide bonds. The molecule has 0 bridgehead atoms. The molecule has 0 unspecified atom stereocenters. The average Bonchev–Trinajstić information content (AvgIpc) is 3.11. The van der Waals surface area contributed by atoms with E-state index in [2.05, 4.69) is 39.8 Å². The van der Waals surface area contributed by atoms with Gasteiger partial charge in [0.2, 0.25) is 0 Å². The molecule has 2 aromatic rings. The Hall–Kier alpha value is -1.09. The number of halogens is 1. The fourth-order valence-corrected chi connectivity index (χ4v) is 2.87. The van der Waals surface area contributed by atoms with Gasteiger partial charge in [-0.3, -0.25) is 9.67 Å². The third kappa shape index (κ3) is 5.96. The van der Waals surface area contributed by atoms with Gasteiger partial charge in [-0.25, -0.2) is 0 Å². The fourth-order valence-electron chi connectivity index (χ4n) is 1.98. The Labute approximate surface area is 153 Å². The summed E-state index contributed by atoms with van der Waals surface area (Å²) in [6.45, 7) is 6.66. The van der Waals surface area contributed by atoms with E-state index in [1.54, 1.807) is 7.05 Å². The molecule has 0 aliphatic heterocycles. The lowest BCUT2D eigenvalue weighted by molar-refractivity contribution is 0.597. The Balaban J connectivity index is 0.00000242. The lowest BCUT2D eigenvalue weighted by atomic mass is 10.4. The molecule has 0 aliphatic rings. The third-order valence-corrected chi connectivity index (χ3v) is 4.34. The number of nitrogens with one attached hydrogen (secondary N) is 2. The molecule has 0 fully saturated rings. The Morgan fingerprint density at radius 1 is 1.32 bits per heavy atom. The Morgan fingerprint density at radius 3 is 2.68 bits per heavy atom. The summed E-state index contributed by atoms with van der Waals surface area (Å²) in [6.07, 6.45) is 5.01. The summed E-state index contributed by atoms with van der Waals surface area (Å²) >= 11 is 1.85. The van der Waals surface area contributed by atoms with Crippen LogP contribution in [0.4, 0.5) is 0 Å². The predicted octanol–water partition coefficient (Wildman–Crippen LogP) is 2.80. The van der Waals surface area contributed by atoms with Crippen LogP contribution >= 0.6 is 35.3 Å². The quantitative estimate of drug-likeness (QED) is 0.419. The molecular formula is C15H24IN5S. The number of rotatable bonds is 6.